The second kappa shape index (κ2) is 9.42. The zero-order valence-electron chi connectivity index (χ0n) is 14.9. The summed E-state index contributed by atoms with van der Waals surface area (Å²) >= 11 is 0. The summed E-state index contributed by atoms with van der Waals surface area (Å²) in [5, 5.41) is 20.1. The van der Waals surface area contributed by atoms with Gasteiger partial charge in [0, 0.05) is 13.5 Å². The van der Waals surface area contributed by atoms with Crippen LogP contribution in [-0.2, 0) is 16.0 Å². The van der Waals surface area contributed by atoms with Gasteiger partial charge in [0.05, 0.1) is 12.0 Å². The smallest absolute Gasteiger partial charge is 0.326 e. The van der Waals surface area contributed by atoms with E-state index in [1.165, 1.54) is 11.9 Å². The molecule has 1 aromatic carbocycles. The molecule has 134 valence electrons. The Morgan fingerprint density at radius 2 is 1.67 bits per heavy atom. The number of carbonyl (C=O) groups excluding carboxylic acids is 1. The zero-order chi connectivity index (χ0) is 18.2. The topological polar surface area (TPSA) is 77.8 Å². The van der Waals surface area contributed by atoms with Gasteiger partial charge in [-0.2, -0.15) is 0 Å². The fraction of sp³-hybridized carbons (Fsp3) is 0.579. The molecule has 1 unspecified atom stereocenters. The summed E-state index contributed by atoms with van der Waals surface area (Å²) in [6.45, 7) is 3.93. The Morgan fingerprint density at radius 1 is 1.12 bits per heavy atom. The average Bonchev–Trinajstić information content (AvgIpc) is 2.52. The molecule has 0 fully saturated rings. The minimum Gasteiger partial charge on any atom is -0.480 e. The molecular formula is C19H29NO4. The van der Waals surface area contributed by atoms with Crippen LogP contribution in [0.25, 0.3) is 0 Å². The minimum atomic E-state index is -1.05. The first-order valence-corrected chi connectivity index (χ1v) is 8.57. The van der Waals surface area contributed by atoms with E-state index in [9.17, 15) is 19.8 Å². The number of benzene rings is 1. The van der Waals surface area contributed by atoms with Crippen LogP contribution < -0.4 is 0 Å². The summed E-state index contributed by atoms with van der Waals surface area (Å²) in [5.41, 5.74) is -0.188. The first-order chi connectivity index (χ1) is 11.3. The van der Waals surface area contributed by atoms with Crippen LogP contribution in [0.1, 0.15) is 51.5 Å². The standard InChI is InChI=1S/C19H29NO4/c1-4-11-19(24,12-5-2)14-17(21)20(3)16(18(22)23)13-15-9-7-6-8-10-15/h6-10,16,24H,4-5,11-14H2,1-3H3,(H,22,23). The maximum atomic E-state index is 12.5. The Bertz CT molecular complexity index is 523. The van der Waals surface area contributed by atoms with Crippen LogP contribution in [0.3, 0.4) is 0 Å². The Kier molecular flexibility index (Phi) is 7.92. The summed E-state index contributed by atoms with van der Waals surface area (Å²) < 4.78 is 0. The summed E-state index contributed by atoms with van der Waals surface area (Å²) in [5.74, 6) is -1.37. The molecule has 0 bridgehead atoms. The number of amides is 1. The predicted octanol–water partition coefficient (Wildman–Crippen LogP) is 2.86. The molecule has 1 amide bonds. The highest BCUT2D eigenvalue weighted by Gasteiger charge is 2.33. The third-order valence-electron chi connectivity index (χ3n) is 4.33. The van der Waals surface area contributed by atoms with E-state index >= 15 is 0 Å². The van der Waals surface area contributed by atoms with Crippen molar-refractivity contribution in [2.45, 2.75) is 64.0 Å². The molecule has 0 aromatic heterocycles. The first kappa shape index (κ1) is 20.2. The van der Waals surface area contributed by atoms with Crippen LogP contribution in [0.15, 0.2) is 30.3 Å². The van der Waals surface area contributed by atoms with Gasteiger partial charge in [-0.25, -0.2) is 4.79 Å². The summed E-state index contributed by atoms with van der Waals surface area (Å²) in [6, 6.07) is 8.31. The molecule has 0 radical (unpaired) electrons. The van der Waals surface area contributed by atoms with Crippen molar-refractivity contribution in [2.24, 2.45) is 0 Å². The SMILES string of the molecule is CCCC(O)(CCC)CC(=O)N(C)C(Cc1ccccc1)C(=O)O. The Morgan fingerprint density at radius 3 is 2.12 bits per heavy atom. The Hall–Kier alpha value is -1.88. The molecule has 0 aliphatic heterocycles. The quantitative estimate of drug-likeness (QED) is 0.689. The third-order valence-corrected chi connectivity index (χ3v) is 4.33. The van der Waals surface area contributed by atoms with E-state index in [4.69, 9.17) is 0 Å². The summed E-state index contributed by atoms with van der Waals surface area (Å²) in [4.78, 5) is 25.4. The van der Waals surface area contributed by atoms with Crippen molar-refractivity contribution < 1.29 is 19.8 Å². The van der Waals surface area contributed by atoms with Crippen LogP contribution >= 0.6 is 0 Å². The number of aliphatic hydroxyl groups is 1. The van der Waals surface area contributed by atoms with E-state index < -0.39 is 17.6 Å². The fourth-order valence-electron chi connectivity index (χ4n) is 3.04. The number of carboxylic acid groups (broad SMARTS) is 1. The van der Waals surface area contributed by atoms with E-state index in [0.717, 1.165) is 18.4 Å². The lowest BCUT2D eigenvalue weighted by Gasteiger charge is -2.31. The van der Waals surface area contributed by atoms with Crippen molar-refractivity contribution in [3.05, 3.63) is 35.9 Å². The second-order valence-electron chi connectivity index (χ2n) is 6.45. The molecule has 0 spiro atoms. The van der Waals surface area contributed by atoms with Gasteiger partial charge in [-0.1, -0.05) is 57.0 Å². The van der Waals surface area contributed by atoms with Crippen molar-refractivity contribution in [3.8, 4) is 0 Å². The van der Waals surface area contributed by atoms with Crippen LogP contribution in [0.5, 0.6) is 0 Å². The largest absolute Gasteiger partial charge is 0.480 e. The van der Waals surface area contributed by atoms with E-state index in [0.29, 0.717) is 12.8 Å². The van der Waals surface area contributed by atoms with Gasteiger partial charge in [0.15, 0.2) is 0 Å². The highest BCUT2D eigenvalue weighted by molar-refractivity contribution is 5.84. The predicted molar refractivity (Wildman–Crippen MR) is 93.7 cm³/mol. The maximum absolute atomic E-state index is 12.5. The lowest BCUT2D eigenvalue weighted by Crippen LogP contribution is -2.46. The van der Waals surface area contributed by atoms with Gasteiger partial charge in [-0.3, -0.25) is 4.79 Å². The van der Waals surface area contributed by atoms with E-state index in [-0.39, 0.29) is 18.7 Å². The third kappa shape index (κ3) is 5.96. The number of nitrogens with zero attached hydrogens (tertiary/aromatic N) is 1. The minimum absolute atomic E-state index is 0.0379. The van der Waals surface area contributed by atoms with Crippen molar-refractivity contribution >= 4 is 11.9 Å². The van der Waals surface area contributed by atoms with Gasteiger partial charge in [0.2, 0.25) is 5.91 Å². The van der Waals surface area contributed by atoms with Crippen LogP contribution in [0, 0.1) is 0 Å². The number of likely N-dealkylation sites (N-methyl/N-ethyl adjacent to an activating group) is 1. The molecule has 1 rings (SSSR count). The maximum Gasteiger partial charge on any atom is 0.326 e. The molecule has 0 heterocycles. The normalized spacial score (nSPS) is 12.7. The van der Waals surface area contributed by atoms with Crippen molar-refractivity contribution in [1.82, 2.24) is 4.90 Å². The number of hydrogen-bond donors (Lipinski definition) is 2. The second-order valence-corrected chi connectivity index (χ2v) is 6.45. The number of rotatable bonds is 10. The lowest BCUT2D eigenvalue weighted by atomic mass is 9.88. The van der Waals surface area contributed by atoms with Gasteiger partial charge in [0.25, 0.3) is 0 Å². The monoisotopic (exact) mass is 335 g/mol. The molecule has 2 N–H and O–H groups in total. The Balaban J connectivity index is 2.84. The van der Waals surface area contributed by atoms with Crippen molar-refractivity contribution in [3.63, 3.8) is 0 Å². The van der Waals surface area contributed by atoms with E-state index in [1.807, 2.05) is 44.2 Å². The molecule has 5 nitrogen and oxygen atoms in total. The van der Waals surface area contributed by atoms with Gasteiger partial charge in [-0.15, -0.1) is 0 Å². The van der Waals surface area contributed by atoms with Crippen LogP contribution in [0.4, 0.5) is 0 Å². The molecular weight excluding hydrogens is 306 g/mol. The van der Waals surface area contributed by atoms with Crippen LogP contribution in [0.2, 0.25) is 0 Å². The van der Waals surface area contributed by atoms with Gasteiger partial charge < -0.3 is 15.1 Å². The lowest BCUT2D eigenvalue weighted by molar-refractivity contribution is -0.151. The number of aliphatic carboxylic acids is 1. The van der Waals surface area contributed by atoms with Crippen molar-refractivity contribution in [2.75, 3.05) is 7.05 Å². The highest BCUT2D eigenvalue weighted by Crippen LogP contribution is 2.25. The number of carboxylic acids is 1. The molecule has 1 atom stereocenters. The van der Waals surface area contributed by atoms with E-state index in [1.54, 1.807) is 0 Å². The Labute approximate surface area is 144 Å². The molecule has 0 saturated heterocycles. The number of hydrogen-bond acceptors (Lipinski definition) is 3. The molecule has 0 aliphatic rings. The summed E-state index contributed by atoms with van der Waals surface area (Å²) in [7, 11) is 1.50. The zero-order valence-corrected chi connectivity index (χ0v) is 14.9. The molecule has 24 heavy (non-hydrogen) atoms. The van der Waals surface area contributed by atoms with E-state index in [2.05, 4.69) is 0 Å². The van der Waals surface area contributed by atoms with Gasteiger partial charge in [0.1, 0.15) is 6.04 Å². The fourth-order valence-corrected chi connectivity index (χ4v) is 3.04. The van der Waals surface area contributed by atoms with Crippen molar-refractivity contribution in [1.29, 1.82) is 0 Å². The van der Waals surface area contributed by atoms with Crippen LogP contribution in [-0.4, -0.2) is 45.7 Å². The molecule has 0 aliphatic carbocycles. The number of carbonyl (C=O) groups is 2. The highest BCUT2D eigenvalue weighted by atomic mass is 16.4. The molecule has 0 saturated carbocycles. The summed E-state index contributed by atoms with van der Waals surface area (Å²) in [6.07, 6.45) is 2.84. The van der Waals surface area contributed by atoms with Gasteiger partial charge >= 0.3 is 5.97 Å². The van der Waals surface area contributed by atoms with Gasteiger partial charge in [-0.05, 0) is 18.4 Å². The first-order valence-electron chi connectivity index (χ1n) is 8.57. The molecule has 1 aromatic rings. The average molecular weight is 335 g/mol. The molecule has 5 heteroatoms.